The second-order valence-electron chi connectivity index (χ2n) is 4.78. The van der Waals surface area contributed by atoms with Gasteiger partial charge in [-0.25, -0.2) is 0 Å². The van der Waals surface area contributed by atoms with E-state index in [0.29, 0.717) is 6.42 Å². The van der Waals surface area contributed by atoms with Crippen molar-refractivity contribution in [1.29, 1.82) is 0 Å². The van der Waals surface area contributed by atoms with Crippen molar-refractivity contribution in [2.45, 2.75) is 32.1 Å². The van der Waals surface area contributed by atoms with E-state index < -0.39 is 0 Å². The monoisotopic (exact) mass is 233 g/mol. The molecule has 1 saturated carbocycles. The van der Waals surface area contributed by atoms with E-state index in [9.17, 15) is 9.90 Å². The van der Waals surface area contributed by atoms with Gasteiger partial charge in [0.05, 0.1) is 6.42 Å². The first-order valence-electron chi connectivity index (χ1n) is 6.28. The Morgan fingerprint density at radius 2 is 2.24 bits per heavy atom. The lowest BCUT2D eigenvalue weighted by molar-refractivity contribution is -0.120. The Bertz CT molecular complexity index is 386. The van der Waals surface area contributed by atoms with Crippen LogP contribution in [-0.4, -0.2) is 17.6 Å². The Labute approximate surface area is 102 Å². The molecule has 0 aromatic heterocycles. The van der Waals surface area contributed by atoms with Gasteiger partial charge in [-0.15, -0.1) is 0 Å². The minimum absolute atomic E-state index is 0.0370. The fourth-order valence-electron chi connectivity index (χ4n) is 2.11. The number of phenolic OH excluding ortho intramolecular Hbond substituents is 1. The van der Waals surface area contributed by atoms with Crippen molar-refractivity contribution in [3.8, 4) is 5.75 Å². The van der Waals surface area contributed by atoms with Gasteiger partial charge in [-0.2, -0.15) is 0 Å². The lowest BCUT2D eigenvalue weighted by Crippen LogP contribution is -2.28. The summed E-state index contributed by atoms with van der Waals surface area (Å²) in [6.45, 7) is 0.780. The Morgan fingerprint density at radius 3 is 2.88 bits per heavy atom. The highest BCUT2D eigenvalue weighted by atomic mass is 16.3. The molecular weight excluding hydrogens is 214 g/mol. The van der Waals surface area contributed by atoms with Gasteiger partial charge < -0.3 is 10.4 Å². The molecule has 0 bridgehead atoms. The van der Waals surface area contributed by atoms with Crippen LogP contribution < -0.4 is 5.32 Å². The van der Waals surface area contributed by atoms with Crippen molar-refractivity contribution in [3.05, 3.63) is 29.8 Å². The Kier molecular flexibility index (Phi) is 4.02. The van der Waals surface area contributed by atoms with Crippen LogP contribution in [0.5, 0.6) is 5.75 Å². The van der Waals surface area contributed by atoms with E-state index in [2.05, 4.69) is 5.32 Å². The van der Waals surface area contributed by atoms with Crippen molar-refractivity contribution >= 4 is 5.91 Å². The van der Waals surface area contributed by atoms with Crippen molar-refractivity contribution in [2.75, 3.05) is 6.54 Å². The molecule has 1 aliphatic carbocycles. The molecule has 0 radical (unpaired) electrons. The average molecular weight is 233 g/mol. The van der Waals surface area contributed by atoms with Crippen LogP contribution in [0, 0.1) is 5.92 Å². The first kappa shape index (κ1) is 12.0. The molecule has 0 spiro atoms. The van der Waals surface area contributed by atoms with Crippen LogP contribution in [0.25, 0.3) is 0 Å². The van der Waals surface area contributed by atoms with Crippen molar-refractivity contribution in [3.63, 3.8) is 0 Å². The molecule has 1 aliphatic rings. The van der Waals surface area contributed by atoms with E-state index in [4.69, 9.17) is 0 Å². The van der Waals surface area contributed by atoms with Crippen LogP contribution in [0.4, 0.5) is 0 Å². The van der Waals surface area contributed by atoms with E-state index in [1.807, 2.05) is 6.07 Å². The van der Waals surface area contributed by atoms with E-state index in [1.165, 1.54) is 19.3 Å². The van der Waals surface area contributed by atoms with Gasteiger partial charge in [0.1, 0.15) is 5.75 Å². The zero-order valence-corrected chi connectivity index (χ0v) is 9.98. The molecule has 1 aromatic rings. The van der Waals surface area contributed by atoms with Gasteiger partial charge in [0.2, 0.25) is 5.91 Å². The number of carbonyl (C=O) groups excluding carboxylic acids is 1. The summed E-state index contributed by atoms with van der Waals surface area (Å²) in [5.41, 5.74) is 0.853. The maximum atomic E-state index is 11.6. The molecule has 1 fully saturated rings. The first-order valence-corrected chi connectivity index (χ1v) is 6.28. The van der Waals surface area contributed by atoms with Gasteiger partial charge >= 0.3 is 0 Å². The number of phenols is 1. The van der Waals surface area contributed by atoms with Crippen LogP contribution in [0.1, 0.15) is 31.2 Å². The summed E-state index contributed by atoms with van der Waals surface area (Å²) < 4.78 is 0. The van der Waals surface area contributed by atoms with Crippen molar-refractivity contribution < 1.29 is 9.90 Å². The van der Waals surface area contributed by atoms with Gasteiger partial charge in [-0.1, -0.05) is 31.4 Å². The number of hydrogen-bond donors (Lipinski definition) is 2. The molecule has 1 amide bonds. The Hall–Kier alpha value is -1.51. The summed E-state index contributed by atoms with van der Waals surface area (Å²) in [6.07, 6.45) is 5.44. The van der Waals surface area contributed by atoms with Crippen LogP contribution in [0.15, 0.2) is 24.3 Å². The summed E-state index contributed by atoms with van der Waals surface area (Å²) in [6, 6.07) is 6.85. The summed E-state index contributed by atoms with van der Waals surface area (Å²) in [4.78, 5) is 11.6. The number of nitrogens with one attached hydrogen (secondary N) is 1. The molecule has 0 atom stereocenters. The maximum Gasteiger partial charge on any atom is 0.224 e. The molecule has 0 aliphatic heterocycles. The summed E-state index contributed by atoms with van der Waals surface area (Å²) in [5.74, 6) is 1.08. The first-order chi connectivity index (χ1) is 8.24. The predicted octanol–water partition coefficient (Wildman–Crippen LogP) is 2.24. The quantitative estimate of drug-likeness (QED) is 0.819. The summed E-state index contributed by atoms with van der Waals surface area (Å²) >= 11 is 0. The van der Waals surface area contributed by atoms with Gasteiger partial charge in [-0.3, -0.25) is 4.79 Å². The molecule has 92 valence electrons. The molecule has 3 nitrogen and oxygen atoms in total. The van der Waals surface area contributed by atoms with E-state index >= 15 is 0 Å². The number of rotatable bonds is 5. The normalized spacial score (nSPS) is 15.3. The lowest BCUT2D eigenvalue weighted by atomic mass is 9.83. The van der Waals surface area contributed by atoms with Crippen LogP contribution in [-0.2, 0) is 11.2 Å². The summed E-state index contributed by atoms with van der Waals surface area (Å²) in [5, 5.41) is 12.2. The zero-order valence-electron chi connectivity index (χ0n) is 9.98. The largest absolute Gasteiger partial charge is 0.508 e. The van der Waals surface area contributed by atoms with E-state index in [0.717, 1.165) is 24.4 Å². The second kappa shape index (κ2) is 5.71. The Morgan fingerprint density at radius 1 is 1.41 bits per heavy atom. The Balaban J connectivity index is 1.69. The smallest absolute Gasteiger partial charge is 0.224 e. The number of benzene rings is 1. The topological polar surface area (TPSA) is 49.3 Å². The number of hydrogen-bond acceptors (Lipinski definition) is 2. The maximum absolute atomic E-state index is 11.6. The molecule has 2 N–H and O–H groups in total. The number of carbonyl (C=O) groups is 1. The fourth-order valence-corrected chi connectivity index (χ4v) is 2.11. The molecular formula is C14H19NO2. The van der Waals surface area contributed by atoms with Gasteiger partial charge in [0.15, 0.2) is 0 Å². The zero-order chi connectivity index (χ0) is 12.1. The minimum atomic E-state index is 0.0370. The van der Waals surface area contributed by atoms with E-state index in [1.54, 1.807) is 18.2 Å². The molecule has 2 rings (SSSR count). The standard InChI is InChI=1S/C14H19NO2/c16-13-6-2-5-12(9-13)10-14(17)15-8-7-11-3-1-4-11/h2,5-6,9,11,16H,1,3-4,7-8,10H2,(H,15,17). The van der Waals surface area contributed by atoms with Gasteiger partial charge in [-0.05, 0) is 30.0 Å². The molecule has 0 unspecified atom stereocenters. The molecule has 1 aromatic carbocycles. The average Bonchev–Trinajstić information content (AvgIpc) is 2.22. The SMILES string of the molecule is O=C(Cc1cccc(O)c1)NCCC1CCC1. The van der Waals surface area contributed by atoms with E-state index in [-0.39, 0.29) is 11.7 Å². The third-order valence-corrected chi connectivity index (χ3v) is 3.37. The number of aromatic hydroxyl groups is 1. The number of amides is 1. The second-order valence-corrected chi connectivity index (χ2v) is 4.78. The van der Waals surface area contributed by atoms with Crippen molar-refractivity contribution in [2.24, 2.45) is 5.92 Å². The third-order valence-electron chi connectivity index (χ3n) is 3.37. The van der Waals surface area contributed by atoms with Crippen molar-refractivity contribution in [1.82, 2.24) is 5.32 Å². The highest BCUT2D eigenvalue weighted by molar-refractivity contribution is 5.78. The van der Waals surface area contributed by atoms with Crippen LogP contribution in [0.3, 0.4) is 0 Å². The highest BCUT2D eigenvalue weighted by Crippen LogP contribution is 2.28. The van der Waals surface area contributed by atoms with Crippen LogP contribution in [0.2, 0.25) is 0 Å². The summed E-state index contributed by atoms with van der Waals surface area (Å²) in [7, 11) is 0. The van der Waals surface area contributed by atoms with Crippen LogP contribution >= 0.6 is 0 Å². The highest BCUT2D eigenvalue weighted by Gasteiger charge is 2.16. The molecule has 17 heavy (non-hydrogen) atoms. The predicted molar refractivity (Wildman–Crippen MR) is 66.8 cm³/mol. The van der Waals surface area contributed by atoms with Gasteiger partial charge in [0.25, 0.3) is 0 Å². The van der Waals surface area contributed by atoms with Gasteiger partial charge in [0, 0.05) is 6.54 Å². The fraction of sp³-hybridized carbons (Fsp3) is 0.500. The molecule has 0 saturated heterocycles. The lowest BCUT2D eigenvalue weighted by Gasteiger charge is -2.25. The molecule has 3 heteroatoms. The third kappa shape index (κ3) is 3.77. The minimum Gasteiger partial charge on any atom is -0.508 e. The molecule has 0 heterocycles.